The van der Waals surface area contributed by atoms with E-state index in [1.165, 1.54) is 13.2 Å². The van der Waals surface area contributed by atoms with Crippen molar-refractivity contribution in [3.05, 3.63) is 28.8 Å². The van der Waals surface area contributed by atoms with Crippen LogP contribution in [0, 0.1) is 0 Å². The molecular weight excluding hydrogens is 271 g/mol. The maximum atomic E-state index is 12.4. The number of carbonyl (C=O) groups is 1. The first-order chi connectivity index (χ1) is 8.34. The van der Waals surface area contributed by atoms with Gasteiger partial charge >= 0.3 is 12.1 Å². The second kappa shape index (κ2) is 5.95. The predicted molar refractivity (Wildman–Crippen MR) is 61.6 cm³/mol. The van der Waals surface area contributed by atoms with Crippen LogP contribution in [0.5, 0.6) is 0 Å². The van der Waals surface area contributed by atoms with Gasteiger partial charge in [-0.3, -0.25) is 4.79 Å². The van der Waals surface area contributed by atoms with E-state index in [2.05, 4.69) is 10.1 Å². The van der Waals surface area contributed by atoms with Crippen LogP contribution in [0.25, 0.3) is 0 Å². The largest absolute Gasteiger partial charge is 0.469 e. The van der Waals surface area contributed by atoms with Gasteiger partial charge in [0.2, 0.25) is 0 Å². The number of ether oxygens (including phenoxy) is 1. The molecule has 18 heavy (non-hydrogen) atoms. The van der Waals surface area contributed by atoms with E-state index in [1.807, 2.05) is 0 Å². The molecule has 3 nitrogen and oxygen atoms in total. The van der Waals surface area contributed by atoms with Gasteiger partial charge in [-0.25, -0.2) is 0 Å². The maximum absolute atomic E-state index is 12.4. The molecular formula is C11H11ClF3NO2. The zero-order valence-electron chi connectivity index (χ0n) is 9.47. The smallest absolute Gasteiger partial charge is 0.416 e. The van der Waals surface area contributed by atoms with Gasteiger partial charge in [-0.1, -0.05) is 11.6 Å². The van der Waals surface area contributed by atoms with Gasteiger partial charge in [0.25, 0.3) is 0 Å². The molecule has 0 aliphatic heterocycles. The van der Waals surface area contributed by atoms with Gasteiger partial charge in [-0.2, -0.15) is 13.2 Å². The molecule has 0 bridgehead atoms. The Hall–Kier alpha value is -1.43. The lowest BCUT2D eigenvalue weighted by Crippen LogP contribution is -2.10. The van der Waals surface area contributed by atoms with E-state index in [4.69, 9.17) is 11.6 Å². The van der Waals surface area contributed by atoms with Gasteiger partial charge in [-0.15, -0.1) is 0 Å². The first kappa shape index (κ1) is 14.6. The minimum absolute atomic E-state index is 0.0466. The number of methoxy groups -OCH3 is 1. The number of alkyl halides is 3. The molecule has 0 aromatic heterocycles. The number of nitrogens with one attached hydrogen (secondary N) is 1. The molecule has 0 aliphatic rings. The van der Waals surface area contributed by atoms with Crippen molar-refractivity contribution >= 4 is 23.3 Å². The highest BCUT2D eigenvalue weighted by molar-refractivity contribution is 6.33. The van der Waals surface area contributed by atoms with Gasteiger partial charge in [0, 0.05) is 6.54 Å². The lowest BCUT2D eigenvalue weighted by atomic mass is 10.2. The van der Waals surface area contributed by atoms with Gasteiger partial charge < -0.3 is 10.1 Å². The molecule has 0 amide bonds. The van der Waals surface area contributed by atoms with Crippen LogP contribution in [0.4, 0.5) is 18.9 Å². The van der Waals surface area contributed by atoms with Crippen LogP contribution in [-0.2, 0) is 15.7 Å². The predicted octanol–water partition coefficient (Wildman–Crippen LogP) is 3.33. The molecule has 1 aromatic rings. The maximum Gasteiger partial charge on any atom is 0.416 e. The molecule has 100 valence electrons. The van der Waals surface area contributed by atoms with E-state index in [1.54, 1.807) is 0 Å². The Morgan fingerprint density at radius 2 is 2.11 bits per heavy atom. The van der Waals surface area contributed by atoms with E-state index >= 15 is 0 Å². The molecule has 7 heteroatoms. The molecule has 0 saturated carbocycles. The summed E-state index contributed by atoms with van der Waals surface area (Å²) in [6.45, 7) is 0.234. The average molecular weight is 282 g/mol. The van der Waals surface area contributed by atoms with Crippen LogP contribution in [0.2, 0.25) is 5.02 Å². The highest BCUT2D eigenvalue weighted by atomic mass is 35.5. The summed E-state index contributed by atoms with van der Waals surface area (Å²) < 4.78 is 41.5. The Bertz CT molecular complexity index is 435. The molecule has 0 aliphatic carbocycles. The number of hydrogen-bond acceptors (Lipinski definition) is 3. The quantitative estimate of drug-likeness (QED) is 0.860. The molecule has 1 aromatic carbocycles. The monoisotopic (exact) mass is 281 g/mol. The van der Waals surface area contributed by atoms with Crippen LogP contribution in [0.15, 0.2) is 18.2 Å². The zero-order valence-corrected chi connectivity index (χ0v) is 10.2. The standard InChI is InChI=1S/C11H11ClF3NO2/c1-18-10(17)4-5-16-9-3-2-7(6-8(9)12)11(13,14)15/h2-3,6,16H,4-5H2,1H3. The van der Waals surface area contributed by atoms with Crippen LogP contribution in [0.1, 0.15) is 12.0 Å². The molecule has 0 fully saturated rings. The summed E-state index contributed by atoms with van der Waals surface area (Å²) >= 11 is 5.71. The third kappa shape index (κ3) is 4.10. The number of rotatable bonds is 4. The van der Waals surface area contributed by atoms with Crippen molar-refractivity contribution in [2.75, 3.05) is 19.0 Å². The summed E-state index contributed by atoms with van der Waals surface area (Å²) in [5, 5.41) is 2.71. The van der Waals surface area contributed by atoms with Crippen molar-refractivity contribution in [2.24, 2.45) is 0 Å². The Morgan fingerprint density at radius 3 is 2.61 bits per heavy atom. The minimum Gasteiger partial charge on any atom is -0.469 e. The van der Waals surface area contributed by atoms with Crippen LogP contribution in [-0.4, -0.2) is 19.6 Å². The Labute approximate surface area is 107 Å². The topological polar surface area (TPSA) is 38.3 Å². The summed E-state index contributed by atoms with van der Waals surface area (Å²) in [6, 6.07) is 2.98. The Morgan fingerprint density at radius 1 is 1.44 bits per heavy atom. The van der Waals surface area contributed by atoms with Crippen molar-refractivity contribution < 1.29 is 22.7 Å². The summed E-state index contributed by atoms with van der Waals surface area (Å²) in [5.41, 5.74) is -0.473. The van der Waals surface area contributed by atoms with E-state index in [9.17, 15) is 18.0 Å². The second-order valence-electron chi connectivity index (χ2n) is 3.45. The number of hydrogen-bond donors (Lipinski definition) is 1. The van der Waals surface area contributed by atoms with E-state index < -0.39 is 17.7 Å². The van der Waals surface area contributed by atoms with Crippen molar-refractivity contribution in [2.45, 2.75) is 12.6 Å². The third-order valence-corrected chi connectivity index (χ3v) is 2.48. The fraction of sp³-hybridized carbons (Fsp3) is 0.364. The normalized spacial score (nSPS) is 11.2. The van der Waals surface area contributed by atoms with E-state index in [-0.39, 0.29) is 18.0 Å². The van der Waals surface area contributed by atoms with Crippen LogP contribution < -0.4 is 5.32 Å². The Balaban J connectivity index is 2.66. The number of carbonyl (C=O) groups excluding carboxylic acids is 1. The zero-order chi connectivity index (χ0) is 13.8. The van der Waals surface area contributed by atoms with E-state index in [0.717, 1.165) is 12.1 Å². The van der Waals surface area contributed by atoms with Gasteiger partial charge in [-0.05, 0) is 18.2 Å². The van der Waals surface area contributed by atoms with Crippen LogP contribution >= 0.6 is 11.6 Å². The second-order valence-corrected chi connectivity index (χ2v) is 3.85. The molecule has 0 heterocycles. The van der Waals surface area contributed by atoms with Crippen molar-refractivity contribution in [1.29, 1.82) is 0 Å². The van der Waals surface area contributed by atoms with E-state index in [0.29, 0.717) is 5.69 Å². The molecule has 0 atom stereocenters. The number of benzene rings is 1. The molecule has 0 unspecified atom stereocenters. The van der Waals surface area contributed by atoms with Crippen molar-refractivity contribution in [3.63, 3.8) is 0 Å². The summed E-state index contributed by atoms with van der Waals surface area (Å²) in [6.07, 6.45) is -4.32. The van der Waals surface area contributed by atoms with Crippen LogP contribution in [0.3, 0.4) is 0 Å². The first-order valence-corrected chi connectivity index (χ1v) is 5.40. The SMILES string of the molecule is COC(=O)CCNc1ccc(C(F)(F)F)cc1Cl. The Kier molecular flexibility index (Phi) is 4.84. The fourth-order valence-electron chi connectivity index (χ4n) is 1.24. The van der Waals surface area contributed by atoms with Crippen molar-refractivity contribution in [3.8, 4) is 0 Å². The average Bonchev–Trinajstić information content (AvgIpc) is 2.29. The summed E-state index contributed by atoms with van der Waals surface area (Å²) in [4.78, 5) is 10.8. The molecule has 1 N–H and O–H groups in total. The summed E-state index contributed by atoms with van der Waals surface area (Å²) in [5.74, 6) is -0.412. The van der Waals surface area contributed by atoms with Gasteiger partial charge in [0.05, 0.1) is 29.8 Å². The number of halogens is 4. The highest BCUT2D eigenvalue weighted by Crippen LogP contribution is 2.33. The molecule has 0 radical (unpaired) electrons. The third-order valence-electron chi connectivity index (χ3n) is 2.17. The lowest BCUT2D eigenvalue weighted by molar-refractivity contribution is -0.140. The van der Waals surface area contributed by atoms with Crippen molar-refractivity contribution in [1.82, 2.24) is 0 Å². The highest BCUT2D eigenvalue weighted by Gasteiger charge is 2.30. The fourth-order valence-corrected chi connectivity index (χ4v) is 1.48. The number of esters is 1. The lowest BCUT2D eigenvalue weighted by Gasteiger charge is -2.11. The molecule has 0 spiro atoms. The summed E-state index contributed by atoms with van der Waals surface area (Å²) in [7, 11) is 1.26. The van der Waals surface area contributed by atoms with Gasteiger partial charge in [0.15, 0.2) is 0 Å². The minimum atomic E-state index is -4.42. The molecule has 1 rings (SSSR count). The molecule has 0 saturated heterocycles. The first-order valence-electron chi connectivity index (χ1n) is 5.02. The van der Waals surface area contributed by atoms with Gasteiger partial charge in [0.1, 0.15) is 0 Å². The number of anilines is 1.